The number of nitrogens with zero attached hydrogens (tertiary/aromatic N) is 3. The van der Waals surface area contributed by atoms with Crippen LogP contribution < -0.4 is 0 Å². The second kappa shape index (κ2) is 5.05. The molecule has 5 nitrogen and oxygen atoms in total. The van der Waals surface area contributed by atoms with Crippen LogP contribution in [0.3, 0.4) is 0 Å². The van der Waals surface area contributed by atoms with Gasteiger partial charge in [0.15, 0.2) is 0 Å². The fourth-order valence-corrected chi connectivity index (χ4v) is 1.82. The molecule has 0 aliphatic heterocycles. The van der Waals surface area contributed by atoms with Gasteiger partial charge in [0.2, 0.25) is 5.82 Å². The van der Waals surface area contributed by atoms with E-state index in [0.717, 1.165) is 5.56 Å². The third-order valence-corrected chi connectivity index (χ3v) is 2.79. The van der Waals surface area contributed by atoms with Crippen molar-refractivity contribution in [1.82, 2.24) is 15.1 Å². The van der Waals surface area contributed by atoms with Crippen LogP contribution in [0.4, 0.5) is 0 Å². The Morgan fingerprint density at radius 1 is 1.15 bits per heavy atom. The van der Waals surface area contributed by atoms with Crippen molar-refractivity contribution in [2.45, 2.75) is 6.92 Å². The number of aromatic nitrogens is 3. The van der Waals surface area contributed by atoms with Crippen molar-refractivity contribution >= 4 is 5.78 Å². The molecule has 3 rings (SSSR count). The quantitative estimate of drug-likeness (QED) is 0.681. The molecule has 0 unspecified atom stereocenters. The number of pyridine rings is 1. The third-order valence-electron chi connectivity index (χ3n) is 2.79. The highest BCUT2D eigenvalue weighted by atomic mass is 16.5. The summed E-state index contributed by atoms with van der Waals surface area (Å²) >= 11 is 0. The Morgan fingerprint density at radius 3 is 2.80 bits per heavy atom. The SMILES string of the molecule is Cc1cccc(C(=O)c2nc(-c3ccccn3)no2)c1. The van der Waals surface area contributed by atoms with E-state index in [1.165, 1.54) is 0 Å². The van der Waals surface area contributed by atoms with E-state index in [-0.39, 0.29) is 11.7 Å². The number of benzene rings is 1. The highest BCUT2D eigenvalue weighted by Gasteiger charge is 2.18. The molecule has 0 bridgehead atoms. The van der Waals surface area contributed by atoms with Crippen LogP contribution in [-0.4, -0.2) is 20.9 Å². The first-order chi connectivity index (χ1) is 9.74. The lowest BCUT2D eigenvalue weighted by molar-refractivity contribution is 0.0994. The number of aryl methyl sites for hydroxylation is 1. The normalized spacial score (nSPS) is 10.4. The molecule has 2 heterocycles. The van der Waals surface area contributed by atoms with Crippen molar-refractivity contribution in [2.75, 3.05) is 0 Å². The second-order valence-electron chi connectivity index (χ2n) is 4.34. The summed E-state index contributed by atoms with van der Waals surface area (Å²) in [6.45, 7) is 1.92. The molecule has 0 fully saturated rings. The Kier molecular flexibility index (Phi) is 3.09. The van der Waals surface area contributed by atoms with E-state index in [1.54, 1.807) is 30.5 Å². The lowest BCUT2D eigenvalue weighted by Crippen LogP contribution is -2.01. The first-order valence-electron chi connectivity index (χ1n) is 6.10. The largest absolute Gasteiger partial charge is 0.330 e. The second-order valence-corrected chi connectivity index (χ2v) is 4.34. The maximum Gasteiger partial charge on any atom is 0.299 e. The number of rotatable bonds is 3. The van der Waals surface area contributed by atoms with E-state index in [1.807, 2.05) is 25.1 Å². The van der Waals surface area contributed by atoms with Gasteiger partial charge in [0.1, 0.15) is 5.69 Å². The Morgan fingerprint density at radius 2 is 2.05 bits per heavy atom. The van der Waals surface area contributed by atoms with Gasteiger partial charge in [-0.2, -0.15) is 4.98 Å². The summed E-state index contributed by atoms with van der Waals surface area (Å²) in [5.74, 6) is -0.0127. The van der Waals surface area contributed by atoms with Gasteiger partial charge in [-0.25, -0.2) is 0 Å². The lowest BCUT2D eigenvalue weighted by Gasteiger charge is -1.96. The Balaban J connectivity index is 1.93. The minimum atomic E-state index is -0.289. The van der Waals surface area contributed by atoms with Gasteiger partial charge in [0.25, 0.3) is 11.7 Å². The van der Waals surface area contributed by atoms with Crippen LogP contribution in [0.15, 0.2) is 53.2 Å². The van der Waals surface area contributed by atoms with Gasteiger partial charge in [0, 0.05) is 11.8 Å². The summed E-state index contributed by atoms with van der Waals surface area (Å²) in [5, 5.41) is 3.79. The fraction of sp³-hybridized carbons (Fsp3) is 0.0667. The average molecular weight is 265 g/mol. The molecule has 0 spiro atoms. The molecule has 20 heavy (non-hydrogen) atoms. The van der Waals surface area contributed by atoms with Gasteiger partial charge in [-0.1, -0.05) is 35.0 Å². The molecular formula is C15H11N3O2. The molecule has 0 amide bonds. The molecule has 0 radical (unpaired) electrons. The number of carbonyl (C=O) groups excluding carboxylic acids is 1. The highest BCUT2D eigenvalue weighted by Crippen LogP contribution is 2.15. The molecule has 3 aromatic rings. The topological polar surface area (TPSA) is 68.9 Å². The Bertz CT molecular complexity index is 751. The fourth-order valence-electron chi connectivity index (χ4n) is 1.82. The zero-order valence-electron chi connectivity index (χ0n) is 10.8. The zero-order chi connectivity index (χ0) is 13.9. The minimum absolute atomic E-state index is 0.0312. The number of ketones is 1. The summed E-state index contributed by atoms with van der Waals surface area (Å²) in [6, 6.07) is 12.6. The predicted molar refractivity (Wildman–Crippen MR) is 72.1 cm³/mol. The molecule has 2 aromatic heterocycles. The summed E-state index contributed by atoms with van der Waals surface area (Å²) in [5.41, 5.74) is 2.10. The Hall–Kier alpha value is -2.82. The zero-order valence-corrected chi connectivity index (χ0v) is 10.8. The summed E-state index contributed by atoms with van der Waals surface area (Å²) in [7, 11) is 0. The molecule has 0 N–H and O–H groups in total. The number of hydrogen-bond acceptors (Lipinski definition) is 5. The molecule has 1 aromatic carbocycles. The van der Waals surface area contributed by atoms with E-state index in [2.05, 4.69) is 15.1 Å². The number of hydrogen-bond donors (Lipinski definition) is 0. The van der Waals surface area contributed by atoms with Crippen LogP contribution in [-0.2, 0) is 0 Å². The van der Waals surface area contributed by atoms with Crippen molar-refractivity contribution in [2.24, 2.45) is 0 Å². The van der Waals surface area contributed by atoms with Crippen molar-refractivity contribution in [3.05, 3.63) is 65.7 Å². The van der Waals surface area contributed by atoms with E-state index in [0.29, 0.717) is 17.1 Å². The first kappa shape index (κ1) is 12.2. The van der Waals surface area contributed by atoms with Gasteiger partial charge in [0.05, 0.1) is 0 Å². The van der Waals surface area contributed by atoms with E-state index in [9.17, 15) is 4.79 Å². The van der Waals surface area contributed by atoms with Gasteiger partial charge in [-0.3, -0.25) is 9.78 Å². The molecule has 0 atom stereocenters. The molecule has 5 heteroatoms. The predicted octanol–water partition coefficient (Wildman–Crippen LogP) is 2.67. The van der Waals surface area contributed by atoms with Crippen LogP contribution >= 0.6 is 0 Å². The lowest BCUT2D eigenvalue weighted by atomic mass is 10.1. The van der Waals surface area contributed by atoms with Gasteiger partial charge in [-0.05, 0) is 25.1 Å². The van der Waals surface area contributed by atoms with Gasteiger partial charge >= 0.3 is 0 Å². The van der Waals surface area contributed by atoms with Crippen LogP contribution in [0.25, 0.3) is 11.5 Å². The summed E-state index contributed by atoms with van der Waals surface area (Å²) < 4.78 is 5.02. The van der Waals surface area contributed by atoms with Crippen molar-refractivity contribution in [3.8, 4) is 11.5 Å². The molecule has 0 aliphatic carbocycles. The standard InChI is InChI=1S/C15H11N3O2/c1-10-5-4-6-11(9-10)13(19)15-17-14(18-20-15)12-7-2-3-8-16-12/h2-9H,1H3. The first-order valence-corrected chi connectivity index (χ1v) is 6.10. The Labute approximate surface area is 115 Å². The molecule has 98 valence electrons. The van der Waals surface area contributed by atoms with E-state index in [4.69, 9.17) is 4.52 Å². The third kappa shape index (κ3) is 2.33. The van der Waals surface area contributed by atoms with Crippen molar-refractivity contribution < 1.29 is 9.32 Å². The average Bonchev–Trinajstić information content (AvgIpc) is 2.97. The molecule has 0 aliphatic rings. The number of carbonyl (C=O) groups is 1. The minimum Gasteiger partial charge on any atom is -0.330 e. The van der Waals surface area contributed by atoms with Crippen molar-refractivity contribution in [1.29, 1.82) is 0 Å². The van der Waals surface area contributed by atoms with Gasteiger partial charge in [-0.15, -0.1) is 0 Å². The summed E-state index contributed by atoms with van der Waals surface area (Å²) in [6.07, 6.45) is 1.63. The van der Waals surface area contributed by atoms with E-state index < -0.39 is 0 Å². The summed E-state index contributed by atoms with van der Waals surface area (Å²) in [4.78, 5) is 20.4. The van der Waals surface area contributed by atoms with Crippen LogP contribution in [0.1, 0.15) is 21.8 Å². The van der Waals surface area contributed by atoms with E-state index >= 15 is 0 Å². The maximum absolute atomic E-state index is 12.2. The maximum atomic E-state index is 12.2. The highest BCUT2D eigenvalue weighted by molar-refractivity contribution is 6.06. The van der Waals surface area contributed by atoms with Crippen LogP contribution in [0, 0.1) is 6.92 Å². The van der Waals surface area contributed by atoms with Crippen LogP contribution in [0.5, 0.6) is 0 Å². The monoisotopic (exact) mass is 265 g/mol. The molecule has 0 saturated carbocycles. The van der Waals surface area contributed by atoms with Gasteiger partial charge < -0.3 is 4.52 Å². The smallest absolute Gasteiger partial charge is 0.299 e. The van der Waals surface area contributed by atoms with Crippen molar-refractivity contribution in [3.63, 3.8) is 0 Å². The van der Waals surface area contributed by atoms with Crippen LogP contribution in [0.2, 0.25) is 0 Å². The molecule has 0 saturated heterocycles. The molecular weight excluding hydrogens is 254 g/mol.